The molecule has 3 heterocycles. The molecule has 0 spiro atoms. The Kier molecular flexibility index (Phi) is 4.24. The fraction of sp³-hybridized carbons (Fsp3) is 0.250. The van der Waals surface area contributed by atoms with E-state index in [-0.39, 0.29) is 5.75 Å². The molecule has 0 bridgehead atoms. The minimum Gasteiger partial charge on any atom is -0.516 e. The number of phenolic OH excluding ortho intramolecular Hbond substituents is 1. The first-order valence-corrected chi connectivity index (χ1v) is 8.68. The van der Waals surface area contributed by atoms with Gasteiger partial charge in [-0.2, -0.15) is 4.39 Å². The monoisotopic (exact) mass is 353 g/mol. The first kappa shape index (κ1) is 16.4. The van der Waals surface area contributed by atoms with Crippen molar-refractivity contribution >= 4 is 16.7 Å². The van der Waals surface area contributed by atoms with Gasteiger partial charge in [0.15, 0.2) is 0 Å². The van der Waals surface area contributed by atoms with Crippen molar-refractivity contribution in [2.45, 2.75) is 12.8 Å². The van der Waals surface area contributed by atoms with Gasteiger partial charge < -0.3 is 20.1 Å². The minimum atomic E-state index is -0.518. The Hall–Kier alpha value is -3.02. The van der Waals surface area contributed by atoms with Crippen LogP contribution >= 0.6 is 0 Å². The molecule has 134 valence electrons. The van der Waals surface area contributed by atoms with Crippen molar-refractivity contribution in [1.29, 1.82) is 0 Å². The maximum Gasteiger partial charge on any atom is 0.224 e. The summed E-state index contributed by atoms with van der Waals surface area (Å²) in [6.07, 6.45) is 4.73. The molecule has 1 aliphatic rings. The van der Waals surface area contributed by atoms with Gasteiger partial charge in [-0.05, 0) is 61.2 Å². The molecule has 3 aromatic rings. The summed E-state index contributed by atoms with van der Waals surface area (Å²) in [4.78, 5) is 9.38. The average molecular weight is 353 g/mol. The number of aliphatic hydroxyl groups is 1. The molecule has 0 saturated carbocycles. The molecule has 0 unspecified atom stereocenters. The molecule has 1 saturated heterocycles. The number of aliphatic hydroxyl groups excluding tert-OH is 1. The minimum absolute atomic E-state index is 0.177. The predicted octanol–water partition coefficient (Wildman–Crippen LogP) is 4.36. The Morgan fingerprint density at radius 2 is 1.96 bits per heavy atom. The summed E-state index contributed by atoms with van der Waals surface area (Å²) in [5.41, 5.74) is 1.87. The highest BCUT2D eigenvalue weighted by Crippen LogP contribution is 2.30. The summed E-state index contributed by atoms with van der Waals surface area (Å²) in [5.74, 6) is 0.654. The molecule has 0 radical (unpaired) electrons. The molecule has 4 rings (SSSR count). The number of aromatic hydroxyl groups is 1. The van der Waals surface area contributed by atoms with Crippen LogP contribution < -0.4 is 4.90 Å². The van der Waals surface area contributed by atoms with Crippen LogP contribution in [0.15, 0.2) is 48.7 Å². The van der Waals surface area contributed by atoms with Crippen molar-refractivity contribution in [1.82, 2.24) is 9.97 Å². The van der Waals surface area contributed by atoms with Crippen molar-refractivity contribution in [3.8, 4) is 17.0 Å². The summed E-state index contributed by atoms with van der Waals surface area (Å²) < 4.78 is 14.6. The first-order valence-electron chi connectivity index (χ1n) is 8.68. The molecule has 0 atom stereocenters. The maximum atomic E-state index is 14.6. The quantitative estimate of drug-likeness (QED) is 0.483. The van der Waals surface area contributed by atoms with E-state index in [4.69, 9.17) is 5.11 Å². The zero-order valence-electron chi connectivity index (χ0n) is 14.2. The molecule has 26 heavy (non-hydrogen) atoms. The van der Waals surface area contributed by atoms with E-state index in [9.17, 15) is 9.50 Å². The fourth-order valence-corrected chi connectivity index (χ4v) is 3.51. The zero-order valence-corrected chi connectivity index (χ0v) is 14.2. The molecule has 1 fully saturated rings. The van der Waals surface area contributed by atoms with Crippen LogP contribution in [0.3, 0.4) is 0 Å². The molecule has 6 heteroatoms. The van der Waals surface area contributed by atoms with Gasteiger partial charge in [0.1, 0.15) is 11.6 Å². The summed E-state index contributed by atoms with van der Waals surface area (Å²) in [6, 6.07) is 10.4. The average Bonchev–Trinajstić information content (AvgIpc) is 3.05. The van der Waals surface area contributed by atoms with Crippen molar-refractivity contribution in [2.24, 2.45) is 5.92 Å². The molecule has 3 N–H and O–H groups in total. The fourth-order valence-electron chi connectivity index (χ4n) is 3.51. The highest BCUT2D eigenvalue weighted by Gasteiger charge is 2.20. The second kappa shape index (κ2) is 6.71. The van der Waals surface area contributed by atoms with Crippen LogP contribution in [0.4, 0.5) is 10.2 Å². The number of aromatic amines is 1. The normalized spacial score (nSPS) is 16.0. The topological polar surface area (TPSA) is 72.4 Å². The van der Waals surface area contributed by atoms with Crippen LogP contribution in [-0.4, -0.2) is 33.3 Å². The van der Waals surface area contributed by atoms with Crippen molar-refractivity contribution in [3.63, 3.8) is 0 Å². The number of hydrogen-bond acceptors (Lipinski definition) is 4. The number of anilines is 1. The second-order valence-electron chi connectivity index (χ2n) is 6.63. The number of fused-ring (bicyclic) bond motifs is 1. The summed E-state index contributed by atoms with van der Waals surface area (Å²) in [6.45, 7) is 1.57. The smallest absolute Gasteiger partial charge is 0.224 e. The molecule has 1 aliphatic heterocycles. The van der Waals surface area contributed by atoms with Gasteiger partial charge in [0.2, 0.25) is 5.95 Å². The van der Waals surface area contributed by atoms with Crippen LogP contribution in [0.1, 0.15) is 12.8 Å². The van der Waals surface area contributed by atoms with Crippen LogP contribution in [0, 0.1) is 11.9 Å². The maximum absolute atomic E-state index is 14.6. The number of allylic oxidation sites excluding steroid dienone is 1. The van der Waals surface area contributed by atoms with Crippen molar-refractivity contribution < 1.29 is 14.6 Å². The van der Waals surface area contributed by atoms with Gasteiger partial charge in [-0.15, -0.1) is 0 Å². The third-order valence-electron chi connectivity index (χ3n) is 4.95. The number of H-pyrrole nitrogens is 1. The Morgan fingerprint density at radius 1 is 1.15 bits per heavy atom. The largest absolute Gasteiger partial charge is 0.516 e. The van der Waals surface area contributed by atoms with E-state index in [2.05, 4.69) is 14.9 Å². The first-order chi connectivity index (χ1) is 12.6. The van der Waals surface area contributed by atoms with Crippen LogP contribution in [0.25, 0.3) is 22.2 Å². The number of rotatable bonds is 3. The Morgan fingerprint density at radius 3 is 2.69 bits per heavy atom. The number of nitrogens with one attached hydrogen (secondary N) is 1. The van der Waals surface area contributed by atoms with E-state index >= 15 is 0 Å². The molecule has 1 aromatic carbocycles. The Balaban J connectivity index is 1.57. The summed E-state index contributed by atoms with van der Waals surface area (Å²) in [7, 11) is 0. The number of piperidine rings is 1. The summed E-state index contributed by atoms with van der Waals surface area (Å²) >= 11 is 0. The van der Waals surface area contributed by atoms with Crippen LogP contribution in [-0.2, 0) is 0 Å². The number of benzene rings is 1. The molecular formula is C20H20FN3O2. The Labute approximate surface area is 150 Å². The van der Waals surface area contributed by atoms with E-state index < -0.39 is 5.95 Å². The van der Waals surface area contributed by atoms with Gasteiger partial charge >= 0.3 is 0 Å². The lowest BCUT2D eigenvalue weighted by atomic mass is 9.97. The zero-order chi connectivity index (χ0) is 18.1. The third kappa shape index (κ3) is 3.10. The SMILES string of the molecule is O/C=C/C1CCN(c2ccc(-c3cc4cc(O)ccc4[nH]3)c(F)n2)CC1. The molecule has 0 aliphatic carbocycles. The van der Waals surface area contributed by atoms with E-state index in [1.165, 1.54) is 0 Å². The Bertz CT molecular complexity index is 959. The molecule has 0 amide bonds. The molecule has 2 aromatic heterocycles. The second-order valence-corrected chi connectivity index (χ2v) is 6.63. The number of aromatic nitrogens is 2. The van der Waals surface area contributed by atoms with E-state index in [0.717, 1.165) is 43.1 Å². The number of halogens is 1. The number of nitrogens with zero attached hydrogens (tertiary/aromatic N) is 2. The van der Waals surface area contributed by atoms with Gasteiger partial charge in [0, 0.05) is 24.0 Å². The third-order valence-corrected chi connectivity index (χ3v) is 4.95. The van der Waals surface area contributed by atoms with E-state index in [1.807, 2.05) is 18.2 Å². The highest BCUT2D eigenvalue weighted by molar-refractivity contribution is 5.87. The van der Waals surface area contributed by atoms with Gasteiger partial charge in [-0.1, -0.05) is 0 Å². The number of pyridine rings is 1. The van der Waals surface area contributed by atoms with Crippen LogP contribution in [0.2, 0.25) is 0 Å². The highest BCUT2D eigenvalue weighted by atomic mass is 19.1. The van der Waals surface area contributed by atoms with Crippen LogP contribution in [0.5, 0.6) is 5.75 Å². The molecule has 5 nitrogen and oxygen atoms in total. The van der Waals surface area contributed by atoms with E-state index in [1.54, 1.807) is 24.3 Å². The lowest BCUT2D eigenvalue weighted by Crippen LogP contribution is -2.33. The van der Waals surface area contributed by atoms with Gasteiger partial charge in [0.05, 0.1) is 17.5 Å². The lowest BCUT2D eigenvalue weighted by Gasteiger charge is -2.31. The van der Waals surface area contributed by atoms with Gasteiger partial charge in [-0.3, -0.25) is 0 Å². The number of hydrogen-bond donors (Lipinski definition) is 3. The number of phenols is 1. The lowest BCUT2D eigenvalue weighted by molar-refractivity contribution is 0.436. The van der Waals surface area contributed by atoms with Crippen molar-refractivity contribution in [2.75, 3.05) is 18.0 Å². The van der Waals surface area contributed by atoms with Crippen molar-refractivity contribution in [3.05, 3.63) is 54.7 Å². The van der Waals surface area contributed by atoms with Gasteiger partial charge in [0.25, 0.3) is 0 Å². The van der Waals surface area contributed by atoms with E-state index in [0.29, 0.717) is 23.0 Å². The molecular weight excluding hydrogens is 333 g/mol. The van der Waals surface area contributed by atoms with Gasteiger partial charge in [-0.25, -0.2) is 4.98 Å². The summed E-state index contributed by atoms with van der Waals surface area (Å²) in [5, 5.41) is 19.3. The standard InChI is InChI=1S/C20H20FN3O2/c21-20-16(18-12-14-11-15(26)1-3-17(14)22-18)2-4-19(23-20)24-8-5-13(6-9-24)7-10-25/h1-4,7,10-13,22,25-26H,5-6,8-9H2/b10-7+. The predicted molar refractivity (Wildman–Crippen MR) is 99.9 cm³/mol.